The molecule has 0 aliphatic carbocycles. The highest BCUT2D eigenvalue weighted by atomic mass is 35.5. The number of hydrogen-bond donors (Lipinski definition) is 1. The Bertz CT molecular complexity index is 1250. The summed E-state index contributed by atoms with van der Waals surface area (Å²) < 4.78 is 28.6. The predicted molar refractivity (Wildman–Crippen MR) is 119 cm³/mol. The van der Waals surface area contributed by atoms with E-state index in [4.69, 9.17) is 16.3 Å². The van der Waals surface area contributed by atoms with Crippen LogP contribution in [0.15, 0.2) is 41.0 Å². The lowest BCUT2D eigenvalue weighted by molar-refractivity contribution is 0.0529. The summed E-state index contributed by atoms with van der Waals surface area (Å²) in [4.78, 5) is 32.9. The van der Waals surface area contributed by atoms with Crippen LogP contribution in [0.3, 0.4) is 0 Å². The molecule has 0 atom stereocenters. The van der Waals surface area contributed by atoms with E-state index < -0.39 is 26.9 Å². The van der Waals surface area contributed by atoms with Crippen molar-refractivity contribution >= 4 is 49.7 Å². The van der Waals surface area contributed by atoms with Crippen molar-refractivity contribution in [1.29, 1.82) is 0 Å². The van der Waals surface area contributed by atoms with Crippen molar-refractivity contribution in [3.63, 3.8) is 0 Å². The molecule has 0 aliphatic rings. The monoisotopic (exact) mass is 479 g/mol. The number of halogens is 1. The van der Waals surface area contributed by atoms with Crippen molar-refractivity contribution in [3.8, 4) is 11.1 Å². The summed E-state index contributed by atoms with van der Waals surface area (Å²) in [6.45, 7) is 3.79. The second-order valence-corrected chi connectivity index (χ2v) is 9.71. The molecule has 1 amide bonds. The van der Waals surface area contributed by atoms with Gasteiger partial charge in [0.15, 0.2) is 5.69 Å². The van der Waals surface area contributed by atoms with Crippen molar-refractivity contribution in [2.75, 3.05) is 18.2 Å². The molecule has 3 rings (SSSR count). The Labute approximate surface area is 188 Å². The first-order valence-electron chi connectivity index (χ1n) is 9.01. The number of aromatic nitrogens is 2. The van der Waals surface area contributed by atoms with Crippen LogP contribution in [0.25, 0.3) is 11.1 Å². The van der Waals surface area contributed by atoms with Gasteiger partial charge in [-0.2, -0.15) is 0 Å². The lowest BCUT2D eigenvalue weighted by Crippen LogP contribution is -2.18. The van der Waals surface area contributed by atoms with Crippen molar-refractivity contribution in [3.05, 3.63) is 57.7 Å². The van der Waals surface area contributed by atoms with Gasteiger partial charge >= 0.3 is 5.97 Å². The van der Waals surface area contributed by atoms with Crippen molar-refractivity contribution in [2.24, 2.45) is 0 Å². The Balaban J connectivity index is 2.03. The number of thiophene rings is 1. The molecule has 0 unspecified atom stereocenters. The molecule has 0 fully saturated rings. The zero-order valence-corrected chi connectivity index (χ0v) is 19.2. The standard InChI is InChI=1S/C20H18ClN3O5S2/c1-4-29-19(26)15-13(12-7-5-11(2)6-8-12)10-30-18(15)24-17(25)16-14(21)9-22-20(23-16)31(3,27)28/h5-10H,4H2,1-3H3,(H,24,25). The number of anilines is 1. The number of esters is 1. The molecule has 0 saturated carbocycles. The van der Waals surface area contributed by atoms with E-state index in [9.17, 15) is 18.0 Å². The molecule has 0 saturated heterocycles. The smallest absolute Gasteiger partial charge is 0.341 e. The third-order valence-corrected chi connectivity index (χ3v) is 6.16. The number of aryl methyl sites for hydroxylation is 1. The fourth-order valence-electron chi connectivity index (χ4n) is 2.65. The van der Waals surface area contributed by atoms with E-state index in [0.717, 1.165) is 34.9 Å². The molecule has 31 heavy (non-hydrogen) atoms. The number of carbonyl (C=O) groups is 2. The van der Waals surface area contributed by atoms with E-state index in [0.29, 0.717) is 5.56 Å². The van der Waals surface area contributed by atoms with Gasteiger partial charge in [0.2, 0.25) is 15.0 Å². The third kappa shape index (κ3) is 5.09. The fraction of sp³-hybridized carbons (Fsp3) is 0.200. The van der Waals surface area contributed by atoms with Crippen LogP contribution >= 0.6 is 22.9 Å². The fourth-order valence-corrected chi connectivity index (χ4v) is 4.28. The SMILES string of the molecule is CCOC(=O)c1c(-c2ccc(C)cc2)csc1NC(=O)c1nc(S(C)(=O)=O)ncc1Cl. The minimum atomic E-state index is -3.75. The quantitative estimate of drug-likeness (QED) is 0.419. The normalized spacial score (nSPS) is 11.2. The van der Waals surface area contributed by atoms with Crippen LogP contribution in [0.1, 0.15) is 33.3 Å². The molecule has 2 aromatic heterocycles. The number of sulfone groups is 1. The van der Waals surface area contributed by atoms with E-state index in [1.165, 1.54) is 0 Å². The van der Waals surface area contributed by atoms with E-state index >= 15 is 0 Å². The molecule has 0 aliphatic heterocycles. The maximum absolute atomic E-state index is 12.8. The van der Waals surface area contributed by atoms with Gasteiger partial charge < -0.3 is 10.1 Å². The molecule has 11 heteroatoms. The number of nitrogens with zero attached hydrogens (tertiary/aromatic N) is 2. The Kier molecular flexibility index (Phi) is 6.73. The maximum Gasteiger partial charge on any atom is 0.341 e. The highest BCUT2D eigenvalue weighted by molar-refractivity contribution is 7.90. The van der Waals surface area contributed by atoms with Gasteiger partial charge in [0.1, 0.15) is 10.6 Å². The first-order valence-corrected chi connectivity index (χ1v) is 12.2. The van der Waals surface area contributed by atoms with E-state index in [1.54, 1.807) is 12.3 Å². The van der Waals surface area contributed by atoms with Crippen molar-refractivity contribution in [1.82, 2.24) is 9.97 Å². The van der Waals surface area contributed by atoms with Crippen molar-refractivity contribution < 1.29 is 22.7 Å². The zero-order valence-electron chi connectivity index (χ0n) is 16.8. The van der Waals surface area contributed by atoms with Crippen LogP contribution in [-0.4, -0.2) is 43.1 Å². The largest absolute Gasteiger partial charge is 0.462 e. The highest BCUT2D eigenvalue weighted by Crippen LogP contribution is 2.36. The number of nitrogens with one attached hydrogen (secondary N) is 1. The van der Waals surface area contributed by atoms with Crippen molar-refractivity contribution in [2.45, 2.75) is 19.0 Å². The lowest BCUT2D eigenvalue weighted by Gasteiger charge is -2.10. The molecule has 3 aromatic rings. The summed E-state index contributed by atoms with van der Waals surface area (Å²) in [5.74, 6) is -1.37. The molecule has 0 radical (unpaired) electrons. The Hall–Kier alpha value is -2.82. The zero-order chi connectivity index (χ0) is 22.8. The number of hydrogen-bond acceptors (Lipinski definition) is 8. The van der Waals surface area contributed by atoms with Crippen LogP contribution in [0.2, 0.25) is 5.02 Å². The third-order valence-electron chi connectivity index (χ3n) is 4.13. The average Bonchev–Trinajstić information content (AvgIpc) is 3.11. The molecule has 162 valence electrons. The summed E-state index contributed by atoms with van der Waals surface area (Å²) >= 11 is 7.14. The molecule has 8 nitrogen and oxygen atoms in total. The molecular formula is C20H18ClN3O5S2. The van der Waals surface area contributed by atoms with E-state index in [2.05, 4.69) is 15.3 Å². The van der Waals surface area contributed by atoms with Crippen LogP contribution in [0.4, 0.5) is 5.00 Å². The Morgan fingerprint density at radius 2 is 1.90 bits per heavy atom. The van der Waals surface area contributed by atoms with E-state index in [1.807, 2.05) is 31.2 Å². The number of rotatable bonds is 6. The molecule has 0 spiro atoms. The van der Waals surface area contributed by atoms with Gasteiger partial charge in [-0.3, -0.25) is 4.79 Å². The molecule has 1 aromatic carbocycles. The number of amides is 1. The van der Waals surface area contributed by atoms with Crippen LogP contribution in [0, 0.1) is 6.92 Å². The number of ether oxygens (including phenoxy) is 1. The summed E-state index contributed by atoms with van der Waals surface area (Å²) in [7, 11) is -3.75. The van der Waals surface area contributed by atoms with Gasteiger partial charge in [-0.25, -0.2) is 23.2 Å². The van der Waals surface area contributed by atoms with Gasteiger partial charge in [0.05, 0.1) is 17.8 Å². The topological polar surface area (TPSA) is 115 Å². The van der Waals surface area contributed by atoms with Crippen LogP contribution in [0.5, 0.6) is 0 Å². The Morgan fingerprint density at radius 1 is 1.23 bits per heavy atom. The maximum atomic E-state index is 12.8. The molecule has 1 N–H and O–H groups in total. The van der Waals surface area contributed by atoms with Gasteiger partial charge in [-0.05, 0) is 19.4 Å². The average molecular weight is 480 g/mol. The second-order valence-electron chi connectivity index (χ2n) is 6.52. The lowest BCUT2D eigenvalue weighted by atomic mass is 10.0. The number of benzene rings is 1. The summed E-state index contributed by atoms with van der Waals surface area (Å²) in [6.07, 6.45) is 1.96. The molecule has 2 heterocycles. The highest BCUT2D eigenvalue weighted by Gasteiger charge is 2.25. The Morgan fingerprint density at radius 3 is 2.52 bits per heavy atom. The first-order chi connectivity index (χ1) is 14.6. The molecule has 0 bridgehead atoms. The van der Waals surface area contributed by atoms with Gasteiger partial charge in [0, 0.05) is 17.2 Å². The van der Waals surface area contributed by atoms with E-state index in [-0.39, 0.29) is 27.9 Å². The second kappa shape index (κ2) is 9.13. The van der Waals surface area contributed by atoms with Gasteiger partial charge in [-0.1, -0.05) is 41.4 Å². The summed E-state index contributed by atoms with van der Waals surface area (Å²) in [6, 6.07) is 7.55. The summed E-state index contributed by atoms with van der Waals surface area (Å²) in [5.41, 5.74) is 2.31. The number of carbonyl (C=O) groups excluding carboxylic acids is 2. The van der Waals surface area contributed by atoms with Crippen LogP contribution in [-0.2, 0) is 14.6 Å². The predicted octanol–water partition coefficient (Wildman–Crippen LogP) is 4.00. The minimum Gasteiger partial charge on any atom is -0.462 e. The van der Waals surface area contributed by atoms with Crippen LogP contribution < -0.4 is 5.32 Å². The minimum absolute atomic E-state index is 0.127. The molecular weight excluding hydrogens is 462 g/mol. The summed E-state index contributed by atoms with van der Waals surface area (Å²) in [5, 5.41) is 3.90. The van der Waals surface area contributed by atoms with Gasteiger partial charge in [-0.15, -0.1) is 11.3 Å². The first kappa shape index (κ1) is 22.9. The van der Waals surface area contributed by atoms with Gasteiger partial charge in [0.25, 0.3) is 5.91 Å².